The molecule has 5 aromatic rings. The van der Waals surface area contributed by atoms with E-state index in [9.17, 15) is 0 Å². The molecule has 6 rings (SSSR count). The second kappa shape index (κ2) is 6.84. The lowest BCUT2D eigenvalue weighted by molar-refractivity contribution is 0.257. The van der Waals surface area contributed by atoms with E-state index in [2.05, 4.69) is 15.0 Å². The van der Waals surface area contributed by atoms with Gasteiger partial charge in [0.1, 0.15) is 28.8 Å². The molecule has 7 heteroatoms. The molecule has 1 unspecified atom stereocenters. The Morgan fingerprint density at radius 3 is 2.97 bits per heavy atom. The van der Waals surface area contributed by atoms with Crippen LogP contribution in [0.1, 0.15) is 17.3 Å². The zero-order valence-corrected chi connectivity index (χ0v) is 16.8. The number of nitrogens with one attached hydrogen (secondary N) is 2. The van der Waals surface area contributed by atoms with E-state index < -0.39 is 0 Å². The fourth-order valence-corrected chi connectivity index (χ4v) is 4.32. The number of rotatable bonds is 3. The fraction of sp³-hybridized carbons (Fsp3) is 0.167. The molecule has 0 saturated carbocycles. The lowest BCUT2D eigenvalue weighted by Gasteiger charge is -2.24. The molecular formula is C24H19FN4O2. The molecule has 0 fully saturated rings. The standard InChI is InChI=1S/C24H19FN4O2/c1-30-15-2-3-22-13(9-15)8-14(12-31-22)23-28-20-10-18(19(25)11-21(20)29-23)16-4-6-26-24-17(16)5-7-27-24/h2-7,9-11,14H,8,12H2,1H3,(H,26,27)(H,28,29). The monoisotopic (exact) mass is 414 g/mol. The van der Waals surface area contributed by atoms with Crippen LogP contribution in [0.5, 0.6) is 11.5 Å². The van der Waals surface area contributed by atoms with Crippen molar-refractivity contribution in [1.82, 2.24) is 19.9 Å². The highest BCUT2D eigenvalue weighted by molar-refractivity contribution is 5.95. The molecule has 154 valence electrons. The van der Waals surface area contributed by atoms with Gasteiger partial charge in [0.25, 0.3) is 0 Å². The Balaban J connectivity index is 1.39. The predicted molar refractivity (Wildman–Crippen MR) is 116 cm³/mol. The highest BCUT2D eigenvalue weighted by Crippen LogP contribution is 2.36. The van der Waals surface area contributed by atoms with Gasteiger partial charge < -0.3 is 19.4 Å². The van der Waals surface area contributed by atoms with Gasteiger partial charge in [0.15, 0.2) is 0 Å². The first-order chi connectivity index (χ1) is 15.2. The summed E-state index contributed by atoms with van der Waals surface area (Å²) in [5.74, 6) is 2.21. The van der Waals surface area contributed by atoms with Crippen molar-refractivity contribution in [1.29, 1.82) is 0 Å². The van der Waals surface area contributed by atoms with E-state index in [4.69, 9.17) is 14.5 Å². The van der Waals surface area contributed by atoms with Crippen molar-refractivity contribution in [3.8, 4) is 22.6 Å². The molecule has 6 nitrogen and oxygen atoms in total. The molecule has 0 aliphatic carbocycles. The molecular weight excluding hydrogens is 395 g/mol. The highest BCUT2D eigenvalue weighted by atomic mass is 19.1. The number of nitrogens with zero attached hydrogens (tertiary/aromatic N) is 2. The second-order valence-electron chi connectivity index (χ2n) is 7.76. The van der Waals surface area contributed by atoms with Gasteiger partial charge in [0.2, 0.25) is 0 Å². The van der Waals surface area contributed by atoms with Crippen LogP contribution in [0.3, 0.4) is 0 Å². The van der Waals surface area contributed by atoms with Crippen molar-refractivity contribution < 1.29 is 13.9 Å². The molecule has 2 N–H and O–H groups in total. The Hall–Kier alpha value is -3.87. The van der Waals surface area contributed by atoms with E-state index in [1.54, 1.807) is 25.6 Å². The van der Waals surface area contributed by atoms with E-state index in [0.29, 0.717) is 17.7 Å². The first-order valence-electron chi connectivity index (χ1n) is 10.1. The molecule has 0 amide bonds. The number of hydrogen-bond acceptors (Lipinski definition) is 4. The van der Waals surface area contributed by atoms with Crippen molar-refractivity contribution in [3.63, 3.8) is 0 Å². The number of hydrogen-bond donors (Lipinski definition) is 2. The fourth-order valence-electron chi connectivity index (χ4n) is 4.32. The predicted octanol–water partition coefficient (Wildman–Crippen LogP) is 4.97. The normalized spacial score (nSPS) is 15.7. The molecule has 1 aliphatic rings. The minimum atomic E-state index is -0.300. The maximum Gasteiger partial charge on any atom is 0.137 e. The smallest absolute Gasteiger partial charge is 0.137 e. The molecule has 0 saturated heterocycles. The van der Waals surface area contributed by atoms with Crippen LogP contribution in [-0.2, 0) is 6.42 Å². The van der Waals surface area contributed by atoms with E-state index in [1.807, 2.05) is 30.3 Å². The summed E-state index contributed by atoms with van der Waals surface area (Å²) in [5.41, 5.74) is 4.50. The number of fused-ring (bicyclic) bond motifs is 3. The van der Waals surface area contributed by atoms with Crippen molar-refractivity contribution in [3.05, 3.63) is 72.1 Å². The number of halogens is 1. The number of ether oxygens (including phenoxy) is 2. The maximum absolute atomic E-state index is 15.1. The molecule has 0 radical (unpaired) electrons. The van der Waals surface area contributed by atoms with Crippen LogP contribution < -0.4 is 9.47 Å². The van der Waals surface area contributed by atoms with Crippen LogP contribution in [-0.4, -0.2) is 33.7 Å². The molecule has 3 aromatic heterocycles. The number of benzene rings is 2. The zero-order valence-electron chi connectivity index (χ0n) is 16.8. The Bertz CT molecular complexity index is 1440. The largest absolute Gasteiger partial charge is 0.497 e. The van der Waals surface area contributed by atoms with Crippen molar-refractivity contribution in [2.45, 2.75) is 12.3 Å². The van der Waals surface area contributed by atoms with Gasteiger partial charge in [0, 0.05) is 29.4 Å². The SMILES string of the molecule is COc1ccc2c(c1)CC(c1nc3cc(-c4ccnc5[nH]ccc45)c(F)cc3[nH]1)CO2. The van der Waals surface area contributed by atoms with Crippen LogP contribution in [0.2, 0.25) is 0 Å². The maximum atomic E-state index is 15.1. The number of methoxy groups -OCH3 is 1. The summed E-state index contributed by atoms with van der Waals surface area (Å²) in [7, 11) is 1.65. The number of aromatic amines is 2. The van der Waals surface area contributed by atoms with Crippen molar-refractivity contribution >= 4 is 22.1 Å². The summed E-state index contributed by atoms with van der Waals surface area (Å²) in [4.78, 5) is 15.4. The van der Waals surface area contributed by atoms with Gasteiger partial charge in [-0.05, 0) is 53.9 Å². The molecule has 31 heavy (non-hydrogen) atoms. The number of H-pyrrole nitrogens is 2. The number of imidazole rings is 1. The topological polar surface area (TPSA) is 75.8 Å². The quantitative estimate of drug-likeness (QED) is 0.437. The van der Waals surface area contributed by atoms with Crippen molar-refractivity contribution in [2.24, 2.45) is 0 Å². The summed E-state index contributed by atoms with van der Waals surface area (Å²) in [5, 5.41) is 0.878. The summed E-state index contributed by atoms with van der Waals surface area (Å²) < 4.78 is 26.3. The van der Waals surface area contributed by atoms with Crippen LogP contribution >= 0.6 is 0 Å². The van der Waals surface area contributed by atoms with Crippen LogP contribution in [0.15, 0.2) is 54.9 Å². The average Bonchev–Trinajstić information content (AvgIpc) is 3.44. The van der Waals surface area contributed by atoms with Gasteiger partial charge in [-0.2, -0.15) is 0 Å². The summed E-state index contributed by atoms with van der Waals surface area (Å²) >= 11 is 0. The van der Waals surface area contributed by atoms with Crippen LogP contribution in [0.4, 0.5) is 4.39 Å². The van der Waals surface area contributed by atoms with Gasteiger partial charge in [-0.15, -0.1) is 0 Å². The Morgan fingerprint density at radius 2 is 2.06 bits per heavy atom. The third kappa shape index (κ3) is 2.92. The highest BCUT2D eigenvalue weighted by Gasteiger charge is 2.25. The van der Waals surface area contributed by atoms with Gasteiger partial charge in [-0.25, -0.2) is 14.4 Å². The van der Waals surface area contributed by atoms with Gasteiger partial charge in [-0.1, -0.05) is 0 Å². The van der Waals surface area contributed by atoms with Gasteiger partial charge >= 0.3 is 0 Å². The first kappa shape index (κ1) is 17.9. The van der Waals surface area contributed by atoms with E-state index in [1.165, 1.54) is 6.07 Å². The van der Waals surface area contributed by atoms with Crippen LogP contribution in [0.25, 0.3) is 33.2 Å². The van der Waals surface area contributed by atoms with E-state index >= 15 is 4.39 Å². The van der Waals surface area contributed by atoms with Crippen LogP contribution in [0, 0.1) is 5.82 Å². The molecule has 4 heterocycles. The third-order valence-corrected chi connectivity index (χ3v) is 5.90. The molecule has 2 aromatic carbocycles. The molecule has 0 bridgehead atoms. The summed E-state index contributed by atoms with van der Waals surface area (Å²) in [6.07, 6.45) is 4.26. The first-order valence-corrected chi connectivity index (χ1v) is 10.1. The van der Waals surface area contributed by atoms with E-state index in [-0.39, 0.29) is 11.7 Å². The number of aromatic nitrogens is 4. The molecule has 0 spiro atoms. The zero-order chi connectivity index (χ0) is 20.9. The summed E-state index contributed by atoms with van der Waals surface area (Å²) in [6.45, 7) is 0.517. The average molecular weight is 414 g/mol. The lowest BCUT2D eigenvalue weighted by atomic mass is 9.96. The second-order valence-corrected chi connectivity index (χ2v) is 7.76. The van der Waals surface area contributed by atoms with Gasteiger partial charge in [0.05, 0.1) is 30.7 Å². The molecule has 1 aliphatic heterocycles. The Labute approximate surface area is 177 Å². The molecule has 1 atom stereocenters. The minimum Gasteiger partial charge on any atom is -0.497 e. The number of pyridine rings is 1. The van der Waals surface area contributed by atoms with Gasteiger partial charge in [-0.3, -0.25) is 0 Å². The third-order valence-electron chi connectivity index (χ3n) is 5.90. The Kier molecular flexibility index (Phi) is 3.96. The Morgan fingerprint density at radius 1 is 1.13 bits per heavy atom. The lowest BCUT2D eigenvalue weighted by Crippen LogP contribution is -2.20. The van der Waals surface area contributed by atoms with Crippen molar-refractivity contribution in [2.75, 3.05) is 13.7 Å². The summed E-state index contributed by atoms with van der Waals surface area (Å²) in [6, 6.07) is 12.9. The van der Waals surface area contributed by atoms with E-state index in [0.717, 1.165) is 51.4 Å². The minimum absolute atomic E-state index is 0.0517.